The third-order valence-electron chi connectivity index (χ3n) is 4.13. The molecule has 108 valence electrons. The summed E-state index contributed by atoms with van der Waals surface area (Å²) in [6, 6.07) is -0.210. The molecule has 0 saturated carbocycles. The molecule has 2 rings (SSSR count). The Morgan fingerprint density at radius 2 is 1.68 bits per heavy atom. The van der Waals surface area contributed by atoms with Gasteiger partial charge in [0.2, 0.25) is 11.8 Å². The van der Waals surface area contributed by atoms with Crippen LogP contribution in [0.5, 0.6) is 0 Å². The lowest BCUT2D eigenvalue weighted by atomic mass is 10.1. The first kappa shape index (κ1) is 14.3. The lowest BCUT2D eigenvalue weighted by Gasteiger charge is -2.36. The van der Waals surface area contributed by atoms with Crippen LogP contribution in [0.15, 0.2) is 0 Å². The maximum absolute atomic E-state index is 12.6. The van der Waals surface area contributed by atoms with E-state index in [1.807, 2.05) is 18.7 Å². The van der Waals surface area contributed by atoms with Gasteiger partial charge in [-0.15, -0.1) is 0 Å². The van der Waals surface area contributed by atoms with Crippen molar-refractivity contribution in [3.8, 4) is 0 Å². The van der Waals surface area contributed by atoms with E-state index in [0.29, 0.717) is 0 Å². The van der Waals surface area contributed by atoms with E-state index in [1.54, 1.807) is 4.90 Å². The summed E-state index contributed by atoms with van der Waals surface area (Å²) in [4.78, 5) is 30.7. The molecule has 2 aliphatic rings. The molecular weight excluding hydrogens is 242 g/mol. The van der Waals surface area contributed by atoms with Crippen molar-refractivity contribution in [1.82, 2.24) is 14.7 Å². The number of amides is 2. The zero-order chi connectivity index (χ0) is 14.0. The number of rotatable bonds is 2. The summed E-state index contributed by atoms with van der Waals surface area (Å²) in [5.41, 5.74) is 0. The van der Waals surface area contributed by atoms with Gasteiger partial charge in [0, 0.05) is 38.6 Å². The van der Waals surface area contributed by atoms with Crippen molar-refractivity contribution in [2.24, 2.45) is 5.92 Å². The molecule has 0 N–H and O–H groups in total. The van der Waals surface area contributed by atoms with Crippen LogP contribution < -0.4 is 0 Å². The van der Waals surface area contributed by atoms with Crippen LogP contribution in [0.2, 0.25) is 0 Å². The largest absolute Gasteiger partial charge is 0.338 e. The Kier molecular flexibility index (Phi) is 4.45. The van der Waals surface area contributed by atoms with Gasteiger partial charge in [0.15, 0.2) is 0 Å². The molecule has 2 amide bonds. The highest BCUT2D eigenvalue weighted by Gasteiger charge is 2.37. The SMILES string of the molecule is CC(C)C(=O)N1CCCC1C(=O)N1CCN(C)CC1. The number of hydrogen-bond acceptors (Lipinski definition) is 3. The van der Waals surface area contributed by atoms with Gasteiger partial charge in [-0.1, -0.05) is 13.8 Å². The summed E-state index contributed by atoms with van der Waals surface area (Å²) >= 11 is 0. The Hall–Kier alpha value is -1.10. The average Bonchev–Trinajstić information content (AvgIpc) is 2.86. The molecule has 2 heterocycles. The number of likely N-dealkylation sites (N-methyl/N-ethyl adjacent to an activating group) is 1. The summed E-state index contributed by atoms with van der Waals surface area (Å²) < 4.78 is 0. The summed E-state index contributed by atoms with van der Waals surface area (Å²) in [5.74, 6) is 0.241. The van der Waals surface area contributed by atoms with Gasteiger partial charge in [-0.2, -0.15) is 0 Å². The fraction of sp³-hybridized carbons (Fsp3) is 0.857. The summed E-state index contributed by atoms with van der Waals surface area (Å²) in [7, 11) is 2.08. The van der Waals surface area contributed by atoms with E-state index < -0.39 is 0 Å². The highest BCUT2D eigenvalue weighted by atomic mass is 16.2. The second kappa shape index (κ2) is 5.90. The molecule has 1 atom stereocenters. The second-order valence-corrected chi connectivity index (χ2v) is 5.97. The van der Waals surface area contributed by atoms with Crippen molar-refractivity contribution in [3.05, 3.63) is 0 Å². The minimum absolute atomic E-state index is 0.0270. The fourth-order valence-corrected chi connectivity index (χ4v) is 2.86. The normalized spacial score (nSPS) is 25.2. The molecule has 0 radical (unpaired) electrons. The van der Waals surface area contributed by atoms with E-state index in [-0.39, 0.29) is 23.8 Å². The summed E-state index contributed by atoms with van der Waals surface area (Å²) in [6.45, 7) is 7.97. The van der Waals surface area contributed by atoms with Gasteiger partial charge in [0.1, 0.15) is 6.04 Å². The van der Waals surface area contributed by atoms with Crippen molar-refractivity contribution in [2.45, 2.75) is 32.7 Å². The zero-order valence-corrected chi connectivity index (χ0v) is 12.3. The molecular formula is C14H25N3O2. The Morgan fingerprint density at radius 3 is 2.26 bits per heavy atom. The van der Waals surface area contributed by atoms with E-state index in [9.17, 15) is 9.59 Å². The predicted molar refractivity (Wildman–Crippen MR) is 73.7 cm³/mol. The molecule has 0 spiro atoms. The number of carbonyl (C=O) groups is 2. The van der Waals surface area contributed by atoms with Crippen LogP contribution >= 0.6 is 0 Å². The van der Waals surface area contributed by atoms with E-state index in [1.165, 1.54) is 0 Å². The standard InChI is InChI=1S/C14H25N3O2/c1-11(2)13(18)17-6-4-5-12(17)14(19)16-9-7-15(3)8-10-16/h11-12H,4-10H2,1-3H3. The topological polar surface area (TPSA) is 43.9 Å². The predicted octanol–water partition coefficient (Wildman–Crippen LogP) is 0.407. The number of nitrogens with zero attached hydrogens (tertiary/aromatic N) is 3. The van der Waals surface area contributed by atoms with E-state index >= 15 is 0 Å². The Labute approximate surface area is 115 Å². The van der Waals surface area contributed by atoms with Crippen LogP contribution in [0.4, 0.5) is 0 Å². The van der Waals surface area contributed by atoms with Gasteiger partial charge < -0.3 is 14.7 Å². The van der Waals surface area contributed by atoms with Gasteiger partial charge in [-0.05, 0) is 19.9 Å². The van der Waals surface area contributed by atoms with Crippen LogP contribution in [0.3, 0.4) is 0 Å². The first-order valence-electron chi connectivity index (χ1n) is 7.28. The first-order chi connectivity index (χ1) is 9.00. The monoisotopic (exact) mass is 267 g/mol. The molecule has 1 unspecified atom stereocenters. The van der Waals surface area contributed by atoms with Gasteiger partial charge >= 0.3 is 0 Å². The van der Waals surface area contributed by atoms with Crippen molar-refractivity contribution in [1.29, 1.82) is 0 Å². The Morgan fingerprint density at radius 1 is 1.05 bits per heavy atom. The van der Waals surface area contributed by atoms with Crippen LogP contribution in [-0.4, -0.2) is 72.3 Å². The van der Waals surface area contributed by atoms with Gasteiger partial charge in [-0.25, -0.2) is 0 Å². The number of carbonyl (C=O) groups excluding carboxylic acids is 2. The van der Waals surface area contributed by atoms with Crippen molar-refractivity contribution >= 4 is 11.8 Å². The molecule has 5 nitrogen and oxygen atoms in total. The lowest BCUT2D eigenvalue weighted by molar-refractivity contribution is -0.146. The van der Waals surface area contributed by atoms with Gasteiger partial charge in [0.05, 0.1) is 0 Å². The minimum atomic E-state index is -0.210. The number of hydrogen-bond donors (Lipinski definition) is 0. The molecule has 0 aliphatic carbocycles. The summed E-state index contributed by atoms with van der Waals surface area (Å²) in [5, 5.41) is 0. The van der Waals surface area contributed by atoms with Crippen LogP contribution in [0.1, 0.15) is 26.7 Å². The number of piperazine rings is 1. The molecule has 0 bridgehead atoms. The van der Waals surface area contributed by atoms with Crippen molar-refractivity contribution in [2.75, 3.05) is 39.8 Å². The molecule has 2 fully saturated rings. The van der Waals surface area contributed by atoms with Crippen LogP contribution in [-0.2, 0) is 9.59 Å². The van der Waals surface area contributed by atoms with E-state index in [2.05, 4.69) is 11.9 Å². The third-order valence-corrected chi connectivity index (χ3v) is 4.13. The first-order valence-corrected chi connectivity index (χ1v) is 7.28. The second-order valence-electron chi connectivity index (χ2n) is 5.97. The highest BCUT2D eigenvalue weighted by molar-refractivity contribution is 5.89. The fourth-order valence-electron chi connectivity index (χ4n) is 2.86. The Balaban J connectivity index is 1.99. The maximum Gasteiger partial charge on any atom is 0.245 e. The quantitative estimate of drug-likeness (QED) is 0.728. The molecule has 19 heavy (non-hydrogen) atoms. The minimum Gasteiger partial charge on any atom is -0.338 e. The lowest BCUT2D eigenvalue weighted by Crippen LogP contribution is -2.54. The maximum atomic E-state index is 12.6. The zero-order valence-electron chi connectivity index (χ0n) is 12.3. The molecule has 5 heteroatoms. The van der Waals surface area contributed by atoms with Crippen molar-refractivity contribution in [3.63, 3.8) is 0 Å². The van der Waals surface area contributed by atoms with Gasteiger partial charge in [0.25, 0.3) is 0 Å². The molecule has 0 aromatic rings. The molecule has 2 saturated heterocycles. The van der Waals surface area contributed by atoms with E-state index in [0.717, 1.165) is 45.6 Å². The van der Waals surface area contributed by atoms with Crippen molar-refractivity contribution < 1.29 is 9.59 Å². The van der Waals surface area contributed by atoms with Gasteiger partial charge in [-0.3, -0.25) is 9.59 Å². The third kappa shape index (κ3) is 3.08. The molecule has 0 aromatic carbocycles. The number of likely N-dealkylation sites (tertiary alicyclic amines) is 1. The smallest absolute Gasteiger partial charge is 0.245 e. The van der Waals surface area contributed by atoms with Crippen LogP contribution in [0, 0.1) is 5.92 Å². The average molecular weight is 267 g/mol. The summed E-state index contributed by atoms with van der Waals surface area (Å²) in [6.07, 6.45) is 1.77. The Bertz CT molecular complexity index is 349. The highest BCUT2D eigenvalue weighted by Crippen LogP contribution is 2.22. The van der Waals surface area contributed by atoms with E-state index in [4.69, 9.17) is 0 Å². The van der Waals surface area contributed by atoms with Crippen LogP contribution in [0.25, 0.3) is 0 Å². The molecule has 2 aliphatic heterocycles. The molecule has 0 aromatic heterocycles.